The van der Waals surface area contributed by atoms with E-state index in [1.807, 2.05) is 43.5 Å². The number of amides is 1. The first-order valence-corrected chi connectivity index (χ1v) is 8.68. The van der Waals surface area contributed by atoms with Crippen molar-refractivity contribution in [2.24, 2.45) is 0 Å². The van der Waals surface area contributed by atoms with Gasteiger partial charge in [-0.2, -0.15) is 0 Å². The molecule has 0 atom stereocenters. The average Bonchev–Trinajstić information content (AvgIpc) is 2.85. The molecule has 26 heavy (non-hydrogen) atoms. The van der Waals surface area contributed by atoms with Crippen LogP contribution in [0.4, 0.5) is 5.69 Å². The highest BCUT2D eigenvalue weighted by Crippen LogP contribution is 2.28. The fourth-order valence-electron chi connectivity index (χ4n) is 3.19. The summed E-state index contributed by atoms with van der Waals surface area (Å²) in [7, 11) is 1.56. The molecule has 1 N–H and O–H groups in total. The van der Waals surface area contributed by atoms with Crippen molar-refractivity contribution in [3.05, 3.63) is 46.3 Å². The molecule has 1 heterocycles. The Kier molecular flexibility index (Phi) is 6.08. The maximum atomic E-state index is 13.0. The first-order chi connectivity index (χ1) is 12.3. The van der Waals surface area contributed by atoms with E-state index in [1.165, 1.54) is 0 Å². The van der Waals surface area contributed by atoms with Gasteiger partial charge < -0.3 is 19.4 Å². The smallest absolute Gasteiger partial charge is 0.355 e. The number of esters is 1. The number of aryl methyl sites for hydroxylation is 1. The Hall–Kier alpha value is -2.76. The van der Waals surface area contributed by atoms with Crippen molar-refractivity contribution < 1.29 is 19.1 Å². The molecular weight excluding hydrogens is 332 g/mol. The summed E-state index contributed by atoms with van der Waals surface area (Å²) < 4.78 is 12.3. The molecule has 0 aliphatic carbocycles. The van der Waals surface area contributed by atoms with Gasteiger partial charge >= 0.3 is 5.97 Å². The highest BCUT2D eigenvalue weighted by molar-refractivity contribution is 6.09. The minimum Gasteiger partial charge on any atom is -0.495 e. The van der Waals surface area contributed by atoms with Gasteiger partial charge in [0.05, 0.1) is 25.0 Å². The number of anilines is 1. The van der Waals surface area contributed by atoms with Crippen LogP contribution in [0.2, 0.25) is 0 Å². The predicted octanol–water partition coefficient (Wildman–Crippen LogP) is 3.87. The zero-order valence-corrected chi connectivity index (χ0v) is 16.2. The third kappa shape index (κ3) is 3.59. The van der Waals surface area contributed by atoms with Gasteiger partial charge in [0.1, 0.15) is 11.4 Å². The molecule has 6 heteroatoms. The molecule has 0 aliphatic rings. The second kappa shape index (κ2) is 8.08. The standard InChI is InChI=1S/C20H26N2O4/c1-7-22-14(5)17(13(4)18(22)20(24)26-8-2)19(23)21-15-11-12(3)9-10-16(15)25-6/h9-11H,7-8H2,1-6H3,(H,21,23). The number of ether oxygens (including phenoxy) is 2. The average molecular weight is 358 g/mol. The van der Waals surface area contributed by atoms with Crippen LogP contribution in [0.5, 0.6) is 5.75 Å². The third-order valence-electron chi connectivity index (χ3n) is 4.38. The summed E-state index contributed by atoms with van der Waals surface area (Å²) in [5, 5.41) is 2.91. The molecule has 6 nitrogen and oxygen atoms in total. The third-order valence-corrected chi connectivity index (χ3v) is 4.38. The number of methoxy groups -OCH3 is 1. The normalized spacial score (nSPS) is 10.5. The van der Waals surface area contributed by atoms with Crippen LogP contribution < -0.4 is 10.1 Å². The number of rotatable bonds is 6. The summed E-state index contributed by atoms with van der Waals surface area (Å²) >= 11 is 0. The van der Waals surface area contributed by atoms with Crippen LogP contribution in [0, 0.1) is 20.8 Å². The lowest BCUT2D eigenvalue weighted by Crippen LogP contribution is -2.15. The van der Waals surface area contributed by atoms with Crippen molar-refractivity contribution in [1.82, 2.24) is 4.57 Å². The lowest BCUT2D eigenvalue weighted by atomic mass is 10.1. The van der Waals surface area contributed by atoms with E-state index in [2.05, 4.69) is 5.32 Å². The van der Waals surface area contributed by atoms with Crippen molar-refractivity contribution in [3.63, 3.8) is 0 Å². The fourth-order valence-corrected chi connectivity index (χ4v) is 3.19. The number of nitrogens with one attached hydrogen (secondary N) is 1. The van der Waals surface area contributed by atoms with Gasteiger partial charge in [-0.05, 0) is 57.9 Å². The maximum absolute atomic E-state index is 13.0. The van der Waals surface area contributed by atoms with E-state index in [1.54, 1.807) is 21.0 Å². The highest BCUT2D eigenvalue weighted by Gasteiger charge is 2.27. The molecule has 1 aromatic carbocycles. The molecule has 0 radical (unpaired) electrons. The Morgan fingerprint density at radius 1 is 1.15 bits per heavy atom. The second-order valence-electron chi connectivity index (χ2n) is 6.06. The first kappa shape index (κ1) is 19.6. The number of carbonyl (C=O) groups is 2. The van der Waals surface area contributed by atoms with E-state index in [9.17, 15) is 9.59 Å². The van der Waals surface area contributed by atoms with Crippen LogP contribution in [-0.2, 0) is 11.3 Å². The molecular formula is C20H26N2O4. The Balaban J connectivity index is 2.47. The zero-order chi connectivity index (χ0) is 19.4. The lowest BCUT2D eigenvalue weighted by Gasteiger charge is -2.11. The van der Waals surface area contributed by atoms with Crippen molar-refractivity contribution in [2.45, 2.75) is 41.2 Å². The van der Waals surface area contributed by atoms with Gasteiger partial charge in [-0.15, -0.1) is 0 Å². The molecule has 0 fully saturated rings. The van der Waals surface area contributed by atoms with Crippen LogP contribution in [0.1, 0.15) is 51.5 Å². The van der Waals surface area contributed by atoms with Crippen LogP contribution in [0.15, 0.2) is 18.2 Å². The Labute approximate surface area is 154 Å². The van der Waals surface area contributed by atoms with Gasteiger partial charge in [0.2, 0.25) is 0 Å². The molecule has 0 aliphatic heterocycles. The summed E-state index contributed by atoms with van der Waals surface area (Å²) in [5.41, 5.74) is 3.86. The topological polar surface area (TPSA) is 69.6 Å². The van der Waals surface area contributed by atoms with E-state index in [0.29, 0.717) is 34.8 Å². The van der Waals surface area contributed by atoms with Crippen molar-refractivity contribution in [2.75, 3.05) is 19.0 Å². The Morgan fingerprint density at radius 2 is 1.85 bits per heavy atom. The highest BCUT2D eigenvalue weighted by atomic mass is 16.5. The van der Waals surface area contributed by atoms with E-state index < -0.39 is 5.97 Å². The summed E-state index contributed by atoms with van der Waals surface area (Å²) in [6, 6.07) is 5.58. The lowest BCUT2D eigenvalue weighted by molar-refractivity contribution is 0.0512. The number of benzene rings is 1. The molecule has 140 valence electrons. The number of hydrogen-bond donors (Lipinski definition) is 1. The molecule has 0 spiro atoms. The summed E-state index contributed by atoms with van der Waals surface area (Å²) in [5.74, 6) is -0.108. The summed E-state index contributed by atoms with van der Waals surface area (Å²) in [6.07, 6.45) is 0. The number of aromatic nitrogens is 1. The predicted molar refractivity (Wildman–Crippen MR) is 101 cm³/mol. The van der Waals surface area contributed by atoms with E-state index >= 15 is 0 Å². The van der Waals surface area contributed by atoms with Crippen LogP contribution in [0.25, 0.3) is 0 Å². The monoisotopic (exact) mass is 358 g/mol. The molecule has 0 bridgehead atoms. The summed E-state index contributed by atoms with van der Waals surface area (Å²) in [4.78, 5) is 25.3. The van der Waals surface area contributed by atoms with Gasteiger partial charge in [0, 0.05) is 12.2 Å². The van der Waals surface area contributed by atoms with E-state index in [-0.39, 0.29) is 12.5 Å². The number of hydrogen-bond acceptors (Lipinski definition) is 4. The Bertz CT molecular complexity index is 837. The fraction of sp³-hybridized carbons (Fsp3) is 0.400. The van der Waals surface area contributed by atoms with Gasteiger partial charge in [0.15, 0.2) is 0 Å². The van der Waals surface area contributed by atoms with Crippen molar-refractivity contribution in [3.8, 4) is 5.75 Å². The largest absolute Gasteiger partial charge is 0.495 e. The van der Waals surface area contributed by atoms with Gasteiger partial charge in [-0.3, -0.25) is 4.79 Å². The molecule has 2 rings (SSSR count). The van der Waals surface area contributed by atoms with Crippen LogP contribution in [0.3, 0.4) is 0 Å². The summed E-state index contributed by atoms with van der Waals surface area (Å²) in [6.45, 7) is 10.1. The minimum absolute atomic E-state index is 0.276. The minimum atomic E-state index is -0.415. The second-order valence-corrected chi connectivity index (χ2v) is 6.06. The van der Waals surface area contributed by atoms with Crippen molar-refractivity contribution >= 4 is 17.6 Å². The molecule has 0 saturated carbocycles. The molecule has 1 amide bonds. The number of carbonyl (C=O) groups excluding carboxylic acids is 2. The molecule has 2 aromatic rings. The first-order valence-electron chi connectivity index (χ1n) is 8.68. The van der Waals surface area contributed by atoms with Crippen LogP contribution >= 0.6 is 0 Å². The van der Waals surface area contributed by atoms with Crippen molar-refractivity contribution in [1.29, 1.82) is 0 Å². The zero-order valence-electron chi connectivity index (χ0n) is 16.2. The Morgan fingerprint density at radius 3 is 2.42 bits per heavy atom. The van der Waals surface area contributed by atoms with Gasteiger partial charge in [-0.25, -0.2) is 4.79 Å². The molecule has 0 unspecified atom stereocenters. The number of nitrogens with zero attached hydrogens (tertiary/aromatic N) is 1. The van der Waals surface area contributed by atoms with Crippen LogP contribution in [-0.4, -0.2) is 30.2 Å². The van der Waals surface area contributed by atoms with Gasteiger partial charge in [0.25, 0.3) is 5.91 Å². The van der Waals surface area contributed by atoms with E-state index in [0.717, 1.165) is 11.3 Å². The SMILES string of the molecule is CCOC(=O)c1c(C)c(C(=O)Nc2cc(C)ccc2OC)c(C)n1CC. The van der Waals surface area contributed by atoms with E-state index in [4.69, 9.17) is 9.47 Å². The maximum Gasteiger partial charge on any atom is 0.355 e. The quantitative estimate of drug-likeness (QED) is 0.796. The van der Waals surface area contributed by atoms with Gasteiger partial charge in [-0.1, -0.05) is 6.07 Å². The molecule has 0 saturated heterocycles. The molecule has 1 aromatic heterocycles.